The van der Waals surface area contributed by atoms with Gasteiger partial charge in [-0.25, -0.2) is 15.0 Å². The van der Waals surface area contributed by atoms with Gasteiger partial charge >= 0.3 is 0 Å². The van der Waals surface area contributed by atoms with Crippen LogP contribution in [0.4, 0.5) is 0 Å². The van der Waals surface area contributed by atoms with Crippen molar-refractivity contribution in [2.45, 2.75) is 19.8 Å². The van der Waals surface area contributed by atoms with E-state index in [1.54, 1.807) is 0 Å². The molecule has 324 valence electrons. The largest absolute Gasteiger partial charge is 0.208 e. The molecule has 0 fully saturated rings. The van der Waals surface area contributed by atoms with Crippen molar-refractivity contribution >= 4 is 106 Å². The molecule has 0 saturated heterocycles. The van der Waals surface area contributed by atoms with Gasteiger partial charge in [0.05, 0.1) is 0 Å². The molecule has 1 unspecified atom stereocenters. The van der Waals surface area contributed by atoms with Gasteiger partial charge in [0.2, 0.25) is 0 Å². The maximum Gasteiger partial charge on any atom is 0.165 e. The lowest BCUT2D eigenvalue weighted by Crippen LogP contribution is -2.07. The minimum Gasteiger partial charge on any atom is -0.208 e. The van der Waals surface area contributed by atoms with Crippen molar-refractivity contribution < 1.29 is 0 Å². The van der Waals surface area contributed by atoms with Gasteiger partial charge in [-0.3, -0.25) is 0 Å². The minimum absolute atomic E-state index is 0.106. The van der Waals surface area contributed by atoms with Crippen LogP contribution in [0.5, 0.6) is 0 Å². The third-order valence-electron chi connectivity index (χ3n) is 14.3. The molecule has 14 aromatic rings. The summed E-state index contributed by atoms with van der Waals surface area (Å²) < 4.78 is 5.03. The van der Waals surface area contributed by atoms with E-state index >= 15 is 0 Å². The number of thiophene rings is 2. The molecule has 0 aliphatic carbocycles. The second-order valence-electron chi connectivity index (χ2n) is 18.3. The number of aryl methyl sites for hydroxylation is 1. The summed E-state index contributed by atoms with van der Waals surface area (Å²) in [5.74, 6) is 1.86. The van der Waals surface area contributed by atoms with Gasteiger partial charge in [0, 0.05) is 63.0 Å². The lowest BCUT2D eigenvalue weighted by molar-refractivity contribution is 0.946. The van der Waals surface area contributed by atoms with Crippen molar-refractivity contribution in [1.29, 1.82) is 0 Å². The maximum atomic E-state index is 5.66. The molecule has 0 saturated carbocycles. The zero-order valence-corrected chi connectivity index (χ0v) is 39.5. The highest BCUT2D eigenvalue weighted by Crippen LogP contribution is 2.52. The Morgan fingerprint density at radius 2 is 0.899 bits per heavy atom. The SMILES string of the molecule is Cc1cc2ccccc2cc1-c1ccc2ccccc2c1C(C)c1c(-c2nc(-c3ccc4ccccc4c3)nc(-c3ccc4sc5ccccc5c4c3)n2)c2ccccc2c2c1sc1ccccc12. The molecule has 0 spiro atoms. The van der Waals surface area contributed by atoms with E-state index in [9.17, 15) is 0 Å². The van der Waals surface area contributed by atoms with E-state index in [1.165, 1.54) is 100 Å². The minimum atomic E-state index is -0.106. The third-order valence-corrected chi connectivity index (χ3v) is 16.7. The summed E-state index contributed by atoms with van der Waals surface area (Å²) in [4.78, 5) is 16.7. The number of hydrogen-bond acceptors (Lipinski definition) is 5. The average molecular weight is 916 g/mol. The molecule has 69 heavy (non-hydrogen) atoms. The molecule has 11 aromatic carbocycles. The fraction of sp³-hybridized carbons (Fsp3) is 0.0469. The molecule has 1 atom stereocenters. The van der Waals surface area contributed by atoms with E-state index in [0.29, 0.717) is 17.5 Å². The van der Waals surface area contributed by atoms with Crippen molar-refractivity contribution in [1.82, 2.24) is 15.0 Å². The topological polar surface area (TPSA) is 38.7 Å². The Morgan fingerprint density at radius 1 is 0.362 bits per heavy atom. The first kappa shape index (κ1) is 40.0. The van der Waals surface area contributed by atoms with Crippen LogP contribution in [-0.4, -0.2) is 15.0 Å². The van der Waals surface area contributed by atoms with E-state index in [1.807, 2.05) is 22.7 Å². The lowest BCUT2D eigenvalue weighted by Gasteiger charge is -2.25. The van der Waals surface area contributed by atoms with Crippen LogP contribution in [0.15, 0.2) is 206 Å². The molecule has 3 aromatic heterocycles. The molecule has 0 bridgehead atoms. The Kier molecular flexibility index (Phi) is 9.13. The van der Waals surface area contributed by atoms with Crippen LogP contribution in [0.2, 0.25) is 0 Å². The van der Waals surface area contributed by atoms with Crippen LogP contribution in [0.1, 0.15) is 29.5 Å². The second-order valence-corrected chi connectivity index (χ2v) is 20.4. The van der Waals surface area contributed by atoms with Crippen molar-refractivity contribution in [3.8, 4) is 45.3 Å². The van der Waals surface area contributed by atoms with E-state index in [4.69, 9.17) is 15.0 Å². The molecule has 0 aliphatic rings. The van der Waals surface area contributed by atoms with Crippen LogP contribution in [-0.2, 0) is 0 Å². The third kappa shape index (κ3) is 6.42. The number of fused-ring (bicyclic) bond motifs is 11. The summed E-state index contributed by atoms with van der Waals surface area (Å²) in [6, 6.07) is 75.3. The number of rotatable bonds is 6. The first-order chi connectivity index (χ1) is 34.0. The van der Waals surface area contributed by atoms with E-state index in [0.717, 1.165) is 27.5 Å². The first-order valence-electron chi connectivity index (χ1n) is 23.6. The summed E-state index contributed by atoms with van der Waals surface area (Å²) in [7, 11) is 0. The monoisotopic (exact) mass is 915 g/mol. The quantitative estimate of drug-likeness (QED) is 0.167. The lowest BCUT2D eigenvalue weighted by atomic mass is 9.79. The molecule has 5 heteroatoms. The summed E-state index contributed by atoms with van der Waals surface area (Å²) in [6.07, 6.45) is 0. The Morgan fingerprint density at radius 3 is 1.67 bits per heavy atom. The normalized spacial score (nSPS) is 12.4. The van der Waals surface area contributed by atoms with Crippen molar-refractivity contribution in [2.24, 2.45) is 0 Å². The number of hydrogen-bond donors (Lipinski definition) is 0. The molecular weight excluding hydrogens is 875 g/mol. The molecule has 3 heterocycles. The van der Waals surface area contributed by atoms with Crippen molar-refractivity contribution in [2.75, 3.05) is 0 Å². The zero-order chi connectivity index (χ0) is 45.7. The highest BCUT2D eigenvalue weighted by Gasteiger charge is 2.29. The van der Waals surface area contributed by atoms with Gasteiger partial charge < -0.3 is 0 Å². The van der Waals surface area contributed by atoms with Crippen LogP contribution in [0.3, 0.4) is 0 Å². The summed E-state index contributed by atoms with van der Waals surface area (Å²) in [6.45, 7) is 4.68. The van der Waals surface area contributed by atoms with Gasteiger partial charge in [0.1, 0.15) is 0 Å². The highest BCUT2D eigenvalue weighted by atomic mass is 32.1. The van der Waals surface area contributed by atoms with Gasteiger partial charge in [-0.1, -0.05) is 171 Å². The maximum absolute atomic E-state index is 5.66. The summed E-state index contributed by atoms with van der Waals surface area (Å²) in [5, 5.41) is 14.6. The highest BCUT2D eigenvalue weighted by molar-refractivity contribution is 7.26. The Labute approximate surface area is 406 Å². The summed E-state index contributed by atoms with van der Waals surface area (Å²) >= 11 is 3.71. The number of aromatic nitrogens is 3. The first-order valence-corrected chi connectivity index (χ1v) is 25.2. The Hall–Kier alpha value is -8.09. The summed E-state index contributed by atoms with van der Waals surface area (Å²) in [5.41, 5.74) is 9.20. The average Bonchev–Trinajstić information content (AvgIpc) is 3.98. The van der Waals surface area contributed by atoms with Gasteiger partial charge in [0.15, 0.2) is 17.5 Å². The van der Waals surface area contributed by atoms with Crippen LogP contribution >= 0.6 is 22.7 Å². The zero-order valence-electron chi connectivity index (χ0n) is 37.9. The predicted octanol–water partition coefficient (Wildman–Crippen LogP) is 18.3. The second kappa shape index (κ2) is 15.7. The molecule has 14 rings (SSSR count). The molecule has 3 nitrogen and oxygen atoms in total. The van der Waals surface area contributed by atoms with E-state index in [2.05, 4.69) is 220 Å². The molecular formula is C64H41N3S2. The number of benzene rings is 11. The fourth-order valence-corrected chi connectivity index (χ4v) is 13.5. The molecule has 0 N–H and O–H groups in total. The number of nitrogens with zero attached hydrogens (tertiary/aromatic N) is 3. The molecule has 0 aliphatic heterocycles. The fourth-order valence-electron chi connectivity index (χ4n) is 11.1. The van der Waals surface area contributed by atoms with Crippen LogP contribution in [0, 0.1) is 6.92 Å². The Balaban J connectivity index is 1.11. The van der Waals surface area contributed by atoms with Crippen LogP contribution in [0.25, 0.3) is 129 Å². The van der Waals surface area contributed by atoms with Gasteiger partial charge in [0.25, 0.3) is 0 Å². The van der Waals surface area contributed by atoms with E-state index < -0.39 is 0 Å². The standard InChI is InChI=1S/C64H41N3S2/c1-37-33-41-17-5-6-19-43(41)35-52(37)50-31-29-40-16-7-8-20-46(40)57(50)38(2)58-60(49-23-10-9-22-48(49)59-51-24-12-14-26-55(51)69-61(58)59)64-66-62(44-28-27-39-15-3-4-18-42(39)34-44)65-63(67-64)45-30-32-56-53(36-45)47-21-11-13-25-54(47)68-56/h3-36,38H,1-2H3. The smallest absolute Gasteiger partial charge is 0.165 e. The predicted molar refractivity (Wildman–Crippen MR) is 296 cm³/mol. The van der Waals surface area contributed by atoms with Gasteiger partial charge in [-0.05, 0) is 120 Å². The molecule has 0 radical (unpaired) electrons. The molecule has 0 amide bonds. The van der Waals surface area contributed by atoms with Crippen molar-refractivity contribution in [3.05, 3.63) is 223 Å². The van der Waals surface area contributed by atoms with E-state index in [-0.39, 0.29) is 5.92 Å². The van der Waals surface area contributed by atoms with Gasteiger partial charge in [-0.2, -0.15) is 0 Å². The van der Waals surface area contributed by atoms with Crippen LogP contribution < -0.4 is 0 Å². The Bertz CT molecular complexity index is 4430. The van der Waals surface area contributed by atoms with Crippen molar-refractivity contribution in [3.63, 3.8) is 0 Å². The van der Waals surface area contributed by atoms with Gasteiger partial charge in [-0.15, -0.1) is 22.7 Å².